The Labute approximate surface area is 277 Å². The molecule has 0 bridgehead atoms. The maximum atomic E-state index is 13.7. The van der Waals surface area contributed by atoms with Crippen LogP contribution in [0.2, 0.25) is 0 Å². The van der Waals surface area contributed by atoms with Crippen molar-refractivity contribution in [3.8, 4) is 0 Å². The molecule has 9 atom stereocenters. The molecule has 9 N–H and O–H groups in total. The van der Waals surface area contributed by atoms with Crippen molar-refractivity contribution in [1.29, 1.82) is 0 Å². The molecule has 1 saturated heterocycles. The lowest BCUT2D eigenvalue weighted by Crippen LogP contribution is -2.61. The smallest absolute Gasteiger partial charge is 0.310 e. The number of rotatable bonds is 15. The molecule has 1 aliphatic carbocycles. The maximum absolute atomic E-state index is 13.7. The Morgan fingerprint density at radius 1 is 0.792 bits per heavy atom. The average molecular weight is 673 g/mol. The van der Waals surface area contributed by atoms with E-state index in [0.29, 0.717) is 18.7 Å². The molecule has 0 spiro atoms. The molecule has 0 amide bonds. The molecular weight excluding hydrogens is 628 g/mol. The normalized spacial score (nSPS) is 28.7. The average Bonchev–Trinajstić information content (AvgIpc) is 3.12. The van der Waals surface area contributed by atoms with Crippen LogP contribution in [0.25, 0.3) is 10.4 Å². The van der Waals surface area contributed by atoms with Crippen LogP contribution in [-0.4, -0.2) is 89.9 Å². The summed E-state index contributed by atoms with van der Waals surface area (Å²) in [6.45, 7) is 0.357. The molecule has 1 aliphatic heterocycles. The minimum atomic E-state index is -1.66. The molecular formula is C32H44N6O10. The number of azide groups is 1. The summed E-state index contributed by atoms with van der Waals surface area (Å²) < 4.78 is 29.1. The van der Waals surface area contributed by atoms with Crippen molar-refractivity contribution in [2.75, 3.05) is 19.7 Å². The molecule has 0 unspecified atom stereocenters. The summed E-state index contributed by atoms with van der Waals surface area (Å²) in [5.74, 6) is -3.44. The molecule has 2 aliphatic rings. The number of ether oxygens (including phenoxy) is 5. The van der Waals surface area contributed by atoms with Gasteiger partial charge < -0.3 is 56.2 Å². The zero-order valence-electron chi connectivity index (χ0n) is 26.5. The van der Waals surface area contributed by atoms with Gasteiger partial charge in [0, 0.05) is 31.1 Å². The highest BCUT2D eigenvalue weighted by Crippen LogP contribution is 2.38. The molecule has 1 saturated carbocycles. The number of aliphatic hydroxyl groups is 3. The lowest BCUT2D eigenvalue weighted by molar-refractivity contribution is -0.316. The molecule has 0 aromatic heterocycles. The van der Waals surface area contributed by atoms with Crippen molar-refractivity contribution in [3.05, 3.63) is 81.2 Å². The first-order chi connectivity index (χ1) is 23.2. The molecule has 16 nitrogen and oxygen atoms in total. The fourth-order valence-electron chi connectivity index (χ4n) is 5.72. The van der Waals surface area contributed by atoms with Gasteiger partial charge in [-0.15, -0.1) is 0 Å². The summed E-state index contributed by atoms with van der Waals surface area (Å²) in [5.41, 5.74) is 29.0. The number of nitrogens with zero attached hydrogens (tertiary/aromatic N) is 3. The topological polar surface area (TPSA) is 268 Å². The van der Waals surface area contributed by atoms with Crippen LogP contribution >= 0.6 is 0 Å². The second-order valence-corrected chi connectivity index (χ2v) is 11.7. The number of aliphatic hydroxyl groups excluding tert-OH is 3. The van der Waals surface area contributed by atoms with Gasteiger partial charge in [0.1, 0.15) is 37.6 Å². The number of hydrogen-bond donors (Lipinski definition) is 6. The first kappa shape index (κ1) is 37.2. The van der Waals surface area contributed by atoms with Gasteiger partial charge in [-0.1, -0.05) is 53.6 Å². The molecule has 2 aromatic rings. The number of nitrogens with two attached hydrogens (primary N) is 3. The largest absolute Gasteiger partial charge is 0.461 e. The van der Waals surface area contributed by atoms with Crippen LogP contribution in [-0.2, 0) is 59.6 Å². The maximum Gasteiger partial charge on any atom is 0.310 e. The van der Waals surface area contributed by atoms with Crippen molar-refractivity contribution in [1.82, 2.24) is 0 Å². The van der Waals surface area contributed by atoms with Crippen molar-refractivity contribution >= 4 is 11.9 Å². The Morgan fingerprint density at radius 2 is 1.29 bits per heavy atom. The highest BCUT2D eigenvalue weighted by Gasteiger charge is 2.50. The molecule has 2 fully saturated rings. The van der Waals surface area contributed by atoms with Crippen LogP contribution in [0.1, 0.15) is 35.1 Å². The SMILES string of the molecule is [N-]=[N+]=NCCO[C@H]1C[C@H](C(=O)OCc2ccc(CN)cc2)[C@@H](C(=O)OCc2ccc(CN)cc2)C[C@@H]1O[C@H]1O[C@H](CN)[C@@H](O)[C@H](O)[C@@H]1O. The second-order valence-electron chi connectivity index (χ2n) is 11.7. The third-order valence-electron chi connectivity index (χ3n) is 8.55. The van der Waals surface area contributed by atoms with E-state index in [9.17, 15) is 24.9 Å². The number of carbonyl (C=O) groups is 2. The molecule has 262 valence electrons. The number of hydrogen-bond acceptors (Lipinski definition) is 14. The van der Waals surface area contributed by atoms with Gasteiger partial charge >= 0.3 is 11.9 Å². The van der Waals surface area contributed by atoms with E-state index < -0.39 is 66.7 Å². The molecule has 16 heteroatoms. The van der Waals surface area contributed by atoms with E-state index in [-0.39, 0.29) is 45.8 Å². The van der Waals surface area contributed by atoms with Gasteiger partial charge in [-0.05, 0) is 40.6 Å². The van der Waals surface area contributed by atoms with E-state index in [2.05, 4.69) is 10.0 Å². The van der Waals surface area contributed by atoms with Gasteiger partial charge in [0.2, 0.25) is 0 Å². The predicted octanol–water partition coefficient (Wildman–Crippen LogP) is 0.264. The summed E-state index contributed by atoms with van der Waals surface area (Å²) in [7, 11) is 0. The minimum Gasteiger partial charge on any atom is -0.461 e. The Balaban J connectivity index is 1.56. The van der Waals surface area contributed by atoms with Crippen molar-refractivity contribution < 1.29 is 48.6 Å². The Bertz CT molecular complexity index is 1370. The Hall–Kier alpha value is -3.67. The third kappa shape index (κ3) is 9.70. The molecule has 2 aromatic carbocycles. The van der Waals surface area contributed by atoms with Crippen LogP contribution in [0.5, 0.6) is 0 Å². The van der Waals surface area contributed by atoms with Crippen molar-refractivity contribution in [2.24, 2.45) is 34.2 Å². The molecule has 0 radical (unpaired) electrons. The summed E-state index contributed by atoms with van der Waals surface area (Å²) in [6.07, 6.45) is -9.29. The van der Waals surface area contributed by atoms with Gasteiger partial charge in [-0.2, -0.15) is 0 Å². The van der Waals surface area contributed by atoms with Crippen molar-refractivity contribution in [2.45, 2.75) is 82.1 Å². The highest BCUT2D eigenvalue weighted by molar-refractivity contribution is 5.82. The van der Waals surface area contributed by atoms with Gasteiger partial charge in [-0.25, -0.2) is 0 Å². The van der Waals surface area contributed by atoms with E-state index in [1.54, 1.807) is 24.3 Å². The standard InChI is InChI=1S/C32H44N6O10/c33-13-18-1-5-20(6-2-18)16-45-30(42)22-11-24(44-10-9-37-38-36)25(47-32-29(41)28(40)27(39)26(15-35)48-32)12-23(22)31(43)46-17-21-7-3-19(14-34)4-8-21/h1-8,22-29,32,39-41H,9-17,33-35H2/t22-,23-,24-,25-,26+,27+,28-,29-,32-/m0/s1. The monoisotopic (exact) mass is 672 g/mol. The first-order valence-corrected chi connectivity index (χ1v) is 15.8. The van der Waals surface area contributed by atoms with E-state index in [4.69, 9.17) is 46.4 Å². The van der Waals surface area contributed by atoms with E-state index >= 15 is 0 Å². The van der Waals surface area contributed by atoms with E-state index in [0.717, 1.165) is 16.7 Å². The van der Waals surface area contributed by atoms with Gasteiger partial charge in [0.15, 0.2) is 6.29 Å². The van der Waals surface area contributed by atoms with Crippen LogP contribution < -0.4 is 17.2 Å². The molecule has 4 rings (SSSR count). The van der Waals surface area contributed by atoms with Crippen LogP contribution in [0.4, 0.5) is 0 Å². The lowest BCUT2D eigenvalue weighted by Gasteiger charge is -2.44. The predicted molar refractivity (Wildman–Crippen MR) is 169 cm³/mol. The lowest BCUT2D eigenvalue weighted by atomic mass is 9.76. The number of carbonyl (C=O) groups excluding carboxylic acids is 2. The van der Waals surface area contributed by atoms with Crippen LogP contribution in [0.3, 0.4) is 0 Å². The molecule has 48 heavy (non-hydrogen) atoms. The van der Waals surface area contributed by atoms with E-state index in [1.165, 1.54) is 0 Å². The fraction of sp³-hybridized carbons (Fsp3) is 0.562. The zero-order chi connectivity index (χ0) is 34.6. The summed E-state index contributed by atoms with van der Waals surface area (Å²) in [5, 5.41) is 34.8. The third-order valence-corrected chi connectivity index (χ3v) is 8.55. The highest BCUT2D eigenvalue weighted by atomic mass is 16.7. The minimum absolute atomic E-state index is 0.0231. The quantitative estimate of drug-likeness (QED) is 0.0488. The van der Waals surface area contributed by atoms with Crippen LogP contribution in [0, 0.1) is 11.8 Å². The van der Waals surface area contributed by atoms with Gasteiger partial charge in [0.05, 0.1) is 30.7 Å². The summed E-state index contributed by atoms with van der Waals surface area (Å²) in [6, 6.07) is 14.4. The van der Waals surface area contributed by atoms with Gasteiger partial charge in [0.25, 0.3) is 0 Å². The van der Waals surface area contributed by atoms with Crippen LogP contribution in [0.15, 0.2) is 53.6 Å². The Kier molecular flexibility index (Phi) is 14.1. The van der Waals surface area contributed by atoms with E-state index in [1.807, 2.05) is 24.3 Å². The number of esters is 2. The zero-order valence-corrected chi connectivity index (χ0v) is 26.5. The summed E-state index contributed by atoms with van der Waals surface area (Å²) in [4.78, 5) is 30.0. The molecule has 1 heterocycles. The second kappa shape index (κ2) is 18.2. The fourth-order valence-corrected chi connectivity index (χ4v) is 5.72. The van der Waals surface area contributed by atoms with Gasteiger partial charge in [-0.3, -0.25) is 9.59 Å². The summed E-state index contributed by atoms with van der Waals surface area (Å²) >= 11 is 0. The number of benzene rings is 2. The van der Waals surface area contributed by atoms with Crippen molar-refractivity contribution in [3.63, 3.8) is 0 Å². The Morgan fingerprint density at radius 3 is 1.77 bits per heavy atom. The first-order valence-electron chi connectivity index (χ1n) is 15.8.